The van der Waals surface area contributed by atoms with Crippen LogP contribution in [0.1, 0.15) is 0 Å². The molecule has 0 saturated heterocycles. The van der Waals surface area contributed by atoms with Gasteiger partial charge in [0.2, 0.25) is 0 Å². The van der Waals surface area contributed by atoms with Crippen LogP contribution in [0.2, 0.25) is 5.02 Å². The molecule has 0 aliphatic carbocycles. The SMILES string of the molecule is O=C1C=C(Nc2ccccc2Cl)C(=O)N1CCO. The second kappa shape index (κ2) is 5.20. The minimum absolute atomic E-state index is 0.0120. The summed E-state index contributed by atoms with van der Waals surface area (Å²) in [7, 11) is 0. The van der Waals surface area contributed by atoms with Gasteiger partial charge in [-0.3, -0.25) is 14.5 Å². The Balaban J connectivity index is 2.17. The zero-order valence-corrected chi connectivity index (χ0v) is 10.1. The predicted octanol–water partition coefficient (Wildman–Crippen LogP) is 0.997. The lowest BCUT2D eigenvalue weighted by Crippen LogP contribution is -2.34. The Bertz CT molecular complexity index is 528. The van der Waals surface area contributed by atoms with E-state index in [0.717, 1.165) is 4.90 Å². The lowest BCUT2D eigenvalue weighted by molar-refractivity contribution is -0.137. The number of imide groups is 1. The smallest absolute Gasteiger partial charge is 0.277 e. The molecule has 0 aromatic heterocycles. The maximum atomic E-state index is 11.8. The van der Waals surface area contributed by atoms with E-state index in [1.807, 2.05) is 0 Å². The monoisotopic (exact) mass is 266 g/mol. The number of aliphatic hydroxyl groups excluding tert-OH is 1. The van der Waals surface area contributed by atoms with Crippen molar-refractivity contribution in [2.75, 3.05) is 18.5 Å². The molecule has 1 aromatic carbocycles. The molecule has 1 heterocycles. The van der Waals surface area contributed by atoms with Crippen LogP contribution >= 0.6 is 11.6 Å². The van der Waals surface area contributed by atoms with E-state index in [4.69, 9.17) is 16.7 Å². The summed E-state index contributed by atoms with van der Waals surface area (Å²) >= 11 is 5.94. The largest absolute Gasteiger partial charge is 0.395 e. The zero-order valence-electron chi connectivity index (χ0n) is 9.39. The Kier molecular flexibility index (Phi) is 3.64. The summed E-state index contributed by atoms with van der Waals surface area (Å²) < 4.78 is 0. The van der Waals surface area contributed by atoms with Crippen LogP contribution in [0.3, 0.4) is 0 Å². The van der Waals surface area contributed by atoms with Crippen molar-refractivity contribution in [2.24, 2.45) is 0 Å². The molecule has 1 aliphatic heterocycles. The first-order chi connectivity index (χ1) is 8.63. The number of nitrogens with zero attached hydrogens (tertiary/aromatic N) is 1. The number of benzene rings is 1. The van der Waals surface area contributed by atoms with Crippen molar-refractivity contribution >= 4 is 29.1 Å². The minimum atomic E-state index is -0.464. The summed E-state index contributed by atoms with van der Waals surface area (Å²) in [5, 5.41) is 12.0. The van der Waals surface area contributed by atoms with Gasteiger partial charge >= 0.3 is 0 Å². The number of aliphatic hydroxyl groups is 1. The predicted molar refractivity (Wildman–Crippen MR) is 67.0 cm³/mol. The average molecular weight is 267 g/mol. The number of halogens is 1. The molecular weight excluding hydrogens is 256 g/mol. The first-order valence-electron chi connectivity index (χ1n) is 5.33. The third-order valence-electron chi connectivity index (χ3n) is 2.48. The maximum Gasteiger partial charge on any atom is 0.277 e. The highest BCUT2D eigenvalue weighted by molar-refractivity contribution is 6.33. The van der Waals surface area contributed by atoms with E-state index >= 15 is 0 Å². The van der Waals surface area contributed by atoms with Crippen LogP contribution in [-0.2, 0) is 9.59 Å². The van der Waals surface area contributed by atoms with Gasteiger partial charge in [0.15, 0.2) is 0 Å². The molecule has 2 rings (SSSR count). The quantitative estimate of drug-likeness (QED) is 0.798. The minimum Gasteiger partial charge on any atom is -0.395 e. The van der Waals surface area contributed by atoms with E-state index < -0.39 is 11.8 Å². The average Bonchev–Trinajstić information content (AvgIpc) is 2.60. The molecule has 18 heavy (non-hydrogen) atoms. The van der Waals surface area contributed by atoms with E-state index in [0.29, 0.717) is 10.7 Å². The maximum absolute atomic E-state index is 11.8. The van der Waals surface area contributed by atoms with Crippen molar-refractivity contribution < 1.29 is 14.7 Å². The van der Waals surface area contributed by atoms with Gasteiger partial charge in [0, 0.05) is 6.08 Å². The van der Waals surface area contributed by atoms with Crippen molar-refractivity contribution in [3.8, 4) is 0 Å². The van der Waals surface area contributed by atoms with Gasteiger partial charge in [-0.25, -0.2) is 0 Å². The van der Waals surface area contributed by atoms with Gasteiger partial charge in [-0.15, -0.1) is 0 Å². The van der Waals surface area contributed by atoms with Gasteiger partial charge in [0.25, 0.3) is 11.8 Å². The van der Waals surface area contributed by atoms with E-state index in [9.17, 15) is 9.59 Å². The highest BCUT2D eigenvalue weighted by atomic mass is 35.5. The Morgan fingerprint density at radius 3 is 2.67 bits per heavy atom. The molecule has 0 bridgehead atoms. The molecule has 0 spiro atoms. The summed E-state index contributed by atoms with van der Waals surface area (Å²) in [5.74, 6) is -0.905. The van der Waals surface area contributed by atoms with Crippen LogP contribution in [0.25, 0.3) is 0 Å². The second-order valence-corrected chi connectivity index (χ2v) is 4.09. The van der Waals surface area contributed by atoms with Crippen LogP contribution in [-0.4, -0.2) is 35.0 Å². The number of amides is 2. The number of hydrogen-bond donors (Lipinski definition) is 2. The fourth-order valence-electron chi connectivity index (χ4n) is 1.62. The number of rotatable bonds is 4. The molecule has 1 aromatic rings. The summed E-state index contributed by atoms with van der Waals surface area (Å²) in [6.07, 6.45) is 1.20. The third kappa shape index (κ3) is 2.37. The lowest BCUT2D eigenvalue weighted by Gasteiger charge is -2.13. The number of β-amino-alcohol motifs (C(OH)–C–C–N with tert-alkyl or cyclic N) is 1. The van der Waals surface area contributed by atoms with Crippen LogP contribution in [0.5, 0.6) is 0 Å². The van der Waals surface area contributed by atoms with E-state index in [2.05, 4.69) is 5.32 Å². The Morgan fingerprint density at radius 1 is 1.28 bits per heavy atom. The van der Waals surface area contributed by atoms with Crippen molar-refractivity contribution in [3.05, 3.63) is 41.1 Å². The third-order valence-corrected chi connectivity index (χ3v) is 2.81. The summed E-state index contributed by atoms with van der Waals surface area (Å²) in [6, 6.07) is 6.91. The molecule has 0 atom stereocenters. The molecule has 6 heteroatoms. The second-order valence-electron chi connectivity index (χ2n) is 3.68. The summed E-state index contributed by atoms with van der Waals surface area (Å²) in [5.41, 5.74) is 0.707. The van der Waals surface area contributed by atoms with Crippen molar-refractivity contribution in [1.29, 1.82) is 0 Å². The normalized spacial score (nSPS) is 15.0. The molecule has 0 radical (unpaired) electrons. The Labute approximate surface area is 109 Å². The van der Waals surface area contributed by atoms with Crippen molar-refractivity contribution in [3.63, 3.8) is 0 Å². The van der Waals surface area contributed by atoms with E-state index in [-0.39, 0.29) is 18.8 Å². The first kappa shape index (κ1) is 12.6. The van der Waals surface area contributed by atoms with E-state index in [1.54, 1.807) is 24.3 Å². The van der Waals surface area contributed by atoms with Crippen LogP contribution < -0.4 is 5.32 Å². The summed E-state index contributed by atoms with van der Waals surface area (Å²) in [4.78, 5) is 24.3. The van der Waals surface area contributed by atoms with Crippen LogP contribution in [0.15, 0.2) is 36.0 Å². The Morgan fingerprint density at radius 2 is 2.00 bits per heavy atom. The number of carbonyl (C=O) groups excluding carboxylic acids is 2. The van der Waals surface area contributed by atoms with Crippen molar-refractivity contribution in [1.82, 2.24) is 4.90 Å². The number of nitrogens with one attached hydrogen (secondary N) is 1. The van der Waals surface area contributed by atoms with Gasteiger partial charge in [0.05, 0.1) is 23.9 Å². The molecule has 0 fully saturated rings. The molecule has 0 saturated carbocycles. The number of carbonyl (C=O) groups is 2. The van der Waals surface area contributed by atoms with Crippen LogP contribution in [0, 0.1) is 0 Å². The van der Waals surface area contributed by atoms with Gasteiger partial charge < -0.3 is 10.4 Å². The molecule has 94 valence electrons. The van der Waals surface area contributed by atoms with Gasteiger partial charge in [-0.05, 0) is 12.1 Å². The standard InChI is InChI=1S/C12H11ClN2O3/c13-8-3-1-2-4-9(8)14-10-7-11(17)15(5-6-16)12(10)18/h1-4,7,14,16H,5-6H2. The molecule has 2 amide bonds. The topological polar surface area (TPSA) is 69.6 Å². The fourth-order valence-corrected chi connectivity index (χ4v) is 1.80. The molecule has 2 N–H and O–H groups in total. The highest BCUT2D eigenvalue weighted by Gasteiger charge is 2.30. The lowest BCUT2D eigenvalue weighted by atomic mass is 10.3. The van der Waals surface area contributed by atoms with Crippen LogP contribution in [0.4, 0.5) is 5.69 Å². The number of anilines is 1. The number of para-hydroxylation sites is 1. The van der Waals surface area contributed by atoms with E-state index in [1.165, 1.54) is 6.08 Å². The number of hydrogen-bond acceptors (Lipinski definition) is 4. The fraction of sp³-hybridized carbons (Fsp3) is 0.167. The van der Waals surface area contributed by atoms with Gasteiger partial charge in [-0.1, -0.05) is 23.7 Å². The Hall–Kier alpha value is -1.85. The molecule has 5 nitrogen and oxygen atoms in total. The zero-order chi connectivity index (χ0) is 13.1. The van der Waals surface area contributed by atoms with Gasteiger partial charge in [0.1, 0.15) is 5.70 Å². The van der Waals surface area contributed by atoms with Gasteiger partial charge in [-0.2, -0.15) is 0 Å². The first-order valence-corrected chi connectivity index (χ1v) is 5.71. The highest BCUT2D eigenvalue weighted by Crippen LogP contribution is 2.24. The van der Waals surface area contributed by atoms with Crippen molar-refractivity contribution in [2.45, 2.75) is 0 Å². The summed E-state index contributed by atoms with van der Waals surface area (Å²) in [6.45, 7) is -0.271. The molecule has 0 unspecified atom stereocenters. The molecule has 1 aliphatic rings. The molecular formula is C12H11ClN2O3.